The number of nitrogens with zero attached hydrogens (tertiary/aromatic N) is 1. The van der Waals surface area contributed by atoms with Gasteiger partial charge in [0.2, 0.25) is 11.8 Å². The molecule has 0 unspecified atom stereocenters. The molecule has 0 spiro atoms. The highest BCUT2D eigenvalue weighted by Gasteiger charge is 2.07. The minimum absolute atomic E-state index is 0.0178. The van der Waals surface area contributed by atoms with Crippen molar-refractivity contribution in [2.45, 2.75) is 6.42 Å². The van der Waals surface area contributed by atoms with E-state index in [0.29, 0.717) is 0 Å². The van der Waals surface area contributed by atoms with Gasteiger partial charge in [0.15, 0.2) is 0 Å². The molecule has 0 aromatic carbocycles. The van der Waals surface area contributed by atoms with Crippen LogP contribution in [0.3, 0.4) is 0 Å². The van der Waals surface area contributed by atoms with Gasteiger partial charge in [-0.25, -0.2) is 0 Å². The molecular weight excluding hydrogens is 190 g/mol. The summed E-state index contributed by atoms with van der Waals surface area (Å²) < 4.78 is 0. The third kappa shape index (κ3) is 6.03. The first kappa shape index (κ1) is 11.8. The van der Waals surface area contributed by atoms with Gasteiger partial charge < -0.3 is 16.0 Å². The van der Waals surface area contributed by atoms with Crippen LogP contribution in [0.25, 0.3) is 0 Å². The predicted octanol–water partition coefficient (Wildman–Crippen LogP) is -1.13. The number of carbonyl (C=O) groups is 2. The lowest BCUT2D eigenvalue weighted by Gasteiger charge is -2.10. The Bertz CT molecular complexity index is 228. The number of nitrogens with one attached hydrogen (secondary N) is 1. The lowest BCUT2D eigenvalue weighted by atomic mass is 10.4. The molecule has 5 nitrogen and oxygen atoms in total. The van der Waals surface area contributed by atoms with Gasteiger partial charge in [0.25, 0.3) is 0 Å². The van der Waals surface area contributed by atoms with E-state index in [-0.39, 0.29) is 29.8 Å². The van der Waals surface area contributed by atoms with Crippen LogP contribution in [0.2, 0.25) is 0 Å². The van der Waals surface area contributed by atoms with Crippen molar-refractivity contribution in [3.05, 3.63) is 0 Å². The Morgan fingerprint density at radius 1 is 1.46 bits per heavy atom. The second kappa shape index (κ2) is 5.47. The number of hydrogen-bond acceptors (Lipinski definition) is 3. The second-order valence-electron chi connectivity index (χ2n) is 2.71. The van der Waals surface area contributed by atoms with Gasteiger partial charge in [0, 0.05) is 14.1 Å². The van der Waals surface area contributed by atoms with Crippen LogP contribution in [0.5, 0.6) is 0 Å². The van der Waals surface area contributed by atoms with E-state index in [1.54, 1.807) is 14.1 Å². The van der Waals surface area contributed by atoms with E-state index < -0.39 is 0 Å². The number of hydrogen-bond donors (Lipinski definition) is 2. The Hall–Kier alpha value is -1.17. The number of nitrogens with two attached hydrogens (primary N) is 1. The highest BCUT2D eigenvalue weighted by Crippen LogP contribution is 1.81. The van der Waals surface area contributed by atoms with Gasteiger partial charge in [-0.15, -0.1) is 0 Å². The van der Waals surface area contributed by atoms with E-state index in [2.05, 4.69) is 17.5 Å². The molecule has 0 atom stereocenters. The first-order valence-electron chi connectivity index (χ1n) is 3.68. The molecule has 0 rings (SSSR count). The highest BCUT2D eigenvalue weighted by atomic mass is 32.1. The van der Waals surface area contributed by atoms with Gasteiger partial charge in [-0.05, 0) is 0 Å². The fourth-order valence-electron chi connectivity index (χ4n) is 0.553. The number of amides is 2. The highest BCUT2D eigenvalue weighted by molar-refractivity contribution is 7.80. The maximum absolute atomic E-state index is 11.0. The Labute approximate surface area is 82.3 Å². The Morgan fingerprint density at radius 3 is 2.38 bits per heavy atom. The summed E-state index contributed by atoms with van der Waals surface area (Å²) in [6, 6.07) is 0. The molecule has 0 aliphatic heterocycles. The summed E-state index contributed by atoms with van der Waals surface area (Å²) in [6.07, 6.45) is -0.0178. The van der Waals surface area contributed by atoms with Gasteiger partial charge in [0.1, 0.15) is 0 Å². The van der Waals surface area contributed by atoms with Crippen LogP contribution >= 0.6 is 12.2 Å². The van der Waals surface area contributed by atoms with Crippen LogP contribution in [-0.2, 0) is 9.59 Å². The van der Waals surface area contributed by atoms with Crippen molar-refractivity contribution in [3.8, 4) is 0 Å². The monoisotopic (exact) mass is 203 g/mol. The molecule has 0 fully saturated rings. The lowest BCUT2D eigenvalue weighted by Crippen LogP contribution is -2.37. The summed E-state index contributed by atoms with van der Waals surface area (Å²) in [6.45, 7) is -0.0194. The molecule has 74 valence electrons. The summed E-state index contributed by atoms with van der Waals surface area (Å²) in [5, 5.41) is 2.40. The molecular formula is C7H13N3O2S. The third-order valence-electron chi connectivity index (χ3n) is 1.27. The molecule has 3 N–H and O–H groups in total. The molecule has 6 heteroatoms. The summed E-state index contributed by atoms with van der Waals surface area (Å²) in [5.41, 5.74) is 5.13. The normalized spacial score (nSPS) is 9.08. The van der Waals surface area contributed by atoms with E-state index in [4.69, 9.17) is 5.73 Å². The summed E-state index contributed by atoms with van der Waals surface area (Å²) >= 11 is 4.52. The van der Waals surface area contributed by atoms with Crippen molar-refractivity contribution in [2.24, 2.45) is 5.73 Å². The summed E-state index contributed by atoms with van der Waals surface area (Å²) in [4.78, 5) is 23.4. The molecule has 0 heterocycles. The number of thiocarbonyl (C=S) groups is 1. The van der Waals surface area contributed by atoms with Gasteiger partial charge >= 0.3 is 0 Å². The van der Waals surface area contributed by atoms with Gasteiger partial charge in [-0.1, -0.05) is 12.2 Å². The first-order valence-corrected chi connectivity index (χ1v) is 4.09. The van der Waals surface area contributed by atoms with Crippen molar-refractivity contribution < 1.29 is 9.59 Å². The van der Waals surface area contributed by atoms with E-state index in [1.807, 2.05) is 0 Å². The van der Waals surface area contributed by atoms with Crippen molar-refractivity contribution in [1.29, 1.82) is 0 Å². The zero-order valence-electron chi connectivity index (χ0n) is 7.66. The minimum atomic E-state index is -0.331. The third-order valence-corrected chi connectivity index (χ3v) is 1.41. The summed E-state index contributed by atoms with van der Waals surface area (Å²) in [7, 11) is 3.23. The number of rotatable bonds is 4. The van der Waals surface area contributed by atoms with Crippen LogP contribution in [-0.4, -0.2) is 42.3 Å². The lowest BCUT2D eigenvalue weighted by molar-refractivity contribution is -0.130. The average Bonchev–Trinajstić information content (AvgIpc) is 1.98. The predicted molar refractivity (Wildman–Crippen MR) is 53.1 cm³/mol. The number of likely N-dealkylation sites (N-methyl/N-ethyl adjacent to an activating group) is 1. The molecule has 0 aromatic heterocycles. The molecule has 2 amide bonds. The fourth-order valence-corrected chi connectivity index (χ4v) is 0.684. The van der Waals surface area contributed by atoms with Crippen molar-refractivity contribution in [2.75, 3.05) is 20.6 Å². The van der Waals surface area contributed by atoms with Gasteiger partial charge in [0.05, 0.1) is 18.0 Å². The fraction of sp³-hybridized carbons (Fsp3) is 0.571. The molecule has 0 saturated carbocycles. The first-order chi connectivity index (χ1) is 5.93. The smallest absolute Gasteiger partial charge is 0.241 e. The maximum atomic E-state index is 11.0. The molecule has 0 aliphatic rings. The quantitative estimate of drug-likeness (QED) is 0.567. The molecule has 0 radical (unpaired) electrons. The Balaban J connectivity index is 3.70. The molecule has 0 bridgehead atoms. The van der Waals surface area contributed by atoms with Crippen LogP contribution in [0.4, 0.5) is 0 Å². The molecule has 0 saturated heterocycles. The SMILES string of the molecule is CN(C)C(=O)CNC(=O)CC(N)=S. The van der Waals surface area contributed by atoms with Gasteiger partial charge in [-0.3, -0.25) is 9.59 Å². The van der Waals surface area contributed by atoms with Crippen LogP contribution in [0.1, 0.15) is 6.42 Å². The van der Waals surface area contributed by atoms with Crippen molar-refractivity contribution in [3.63, 3.8) is 0 Å². The van der Waals surface area contributed by atoms with Crippen molar-refractivity contribution in [1.82, 2.24) is 10.2 Å². The van der Waals surface area contributed by atoms with E-state index >= 15 is 0 Å². The largest absolute Gasteiger partial charge is 0.393 e. The van der Waals surface area contributed by atoms with E-state index in [9.17, 15) is 9.59 Å². The minimum Gasteiger partial charge on any atom is -0.393 e. The maximum Gasteiger partial charge on any atom is 0.241 e. The standard InChI is InChI=1S/C7H13N3O2S/c1-10(2)7(12)4-9-6(11)3-5(8)13/h3-4H2,1-2H3,(H2,8,13)(H,9,11). The van der Waals surface area contributed by atoms with Gasteiger partial charge in [-0.2, -0.15) is 0 Å². The second-order valence-corrected chi connectivity index (χ2v) is 3.23. The molecule has 0 aliphatic carbocycles. The number of carbonyl (C=O) groups excluding carboxylic acids is 2. The zero-order chi connectivity index (χ0) is 10.4. The molecule has 0 aromatic rings. The molecule has 13 heavy (non-hydrogen) atoms. The van der Waals surface area contributed by atoms with E-state index in [1.165, 1.54) is 4.90 Å². The van der Waals surface area contributed by atoms with Crippen molar-refractivity contribution >= 4 is 29.0 Å². The zero-order valence-corrected chi connectivity index (χ0v) is 8.48. The summed E-state index contributed by atoms with van der Waals surface area (Å²) in [5.74, 6) is -0.501. The Morgan fingerprint density at radius 2 is 2.00 bits per heavy atom. The topological polar surface area (TPSA) is 75.4 Å². The average molecular weight is 203 g/mol. The van der Waals surface area contributed by atoms with Crippen LogP contribution < -0.4 is 11.1 Å². The van der Waals surface area contributed by atoms with E-state index in [0.717, 1.165) is 0 Å². The van der Waals surface area contributed by atoms with Crippen LogP contribution in [0, 0.1) is 0 Å². The van der Waals surface area contributed by atoms with Crippen LogP contribution in [0.15, 0.2) is 0 Å². The Kier molecular flexibility index (Phi) is 4.98.